The molecule has 0 bridgehead atoms. The summed E-state index contributed by atoms with van der Waals surface area (Å²) < 4.78 is 28.2. The Balaban J connectivity index is 1.81. The van der Waals surface area contributed by atoms with E-state index >= 15 is 0 Å². The largest absolute Gasteiger partial charge is 0.461 e. The molecule has 0 aliphatic heterocycles. The van der Waals surface area contributed by atoms with E-state index in [0.717, 1.165) is 5.56 Å². The number of carbonyl (C=O) groups excluding carboxylic acids is 1. The van der Waals surface area contributed by atoms with Gasteiger partial charge < -0.3 is 9.73 Å². The summed E-state index contributed by atoms with van der Waals surface area (Å²) in [5, 5.41) is 8.36. The van der Waals surface area contributed by atoms with Gasteiger partial charge in [-0.1, -0.05) is 11.6 Å². The van der Waals surface area contributed by atoms with E-state index in [1.807, 2.05) is 0 Å². The maximum Gasteiger partial charge on any atom is 0.259 e. The lowest BCUT2D eigenvalue weighted by Gasteiger charge is -2.05. The lowest BCUT2D eigenvalue weighted by molar-refractivity contribution is 0.102. The first-order valence-corrected chi connectivity index (χ1v) is 9.47. The number of hydrogen-bond acceptors (Lipinski definition) is 4. The Kier molecular flexibility index (Phi) is 4.86. The van der Waals surface area contributed by atoms with Gasteiger partial charge in [0.25, 0.3) is 5.91 Å². The highest BCUT2D eigenvalue weighted by Crippen LogP contribution is 2.27. The molecule has 3 N–H and O–H groups in total. The first-order valence-electron chi connectivity index (χ1n) is 7.54. The Hall–Kier alpha value is -2.61. The molecule has 0 atom stereocenters. The molecule has 0 fully saturated rings. The van der Waals surface area contributed by atoms with Crippen molar-refractivity contribution in [1.29, 1.82) is 0 Å². The smallest absolute Gasteiger partial charge is 0.259 e. The van der Waals surface area contributed by atoms with Gasteiger partial charge in [0.1, 0.15) is 11.5 Å². The summed E-state index contributed by atoms with van der Waals surface area (Å²) in [7, 11) is -3.77. The van der Waals surface area contributed by atoms with Crippen molar-refractivity contribution in [2.75, 3.05) is 5.32 Å². The number of amides is 1. The van der Waals surface area contributed by atoms with Gasteiger partial charge in [-0.15, -0.1) is 0 Å². The van der Waals surface area contributed by atoms with Gasteiger partial charge >= 0.3 is 0 Å². The summed E-state index contributed by atoms with van der Waals surface area (Å²) in [6, 6.07) is 14.3. The molecular formula is C18H15ClN2O4S. The number of hydrogen-bond donors (Lipinski definition) is 2. The van der Waals surface area contributed by atoms with Gasteiger partial charge in [-0.3, -0.25) is 4.79 Å². The van der Waals surface area contributed by atoms with Crippen molar-refractivity contribution >= 4 is 33.2 Å². The standard InChI is InChI=1S/C18H15ClN2O4S/c1-11-16(10-17(25-11)12-2-4-13(19)5-3-12)18(22)21-14-6-8-15(9-7-14)26(20,23)24/h2-10H,1H3,(H,21,22)(H2,20,23,24). The van der Waals surface area contributed by atoms with Crippen LogP contribution < -0.4 is 10.5 Å². The minimum absolute atomic E-state index is 0.0278. The summed E-state index contributed by atoms with van der Waals surface area (Å²) in [5.41, 5.74) is 1.62. The second-order valence-corrected chi connectivity index (χ2v) is 7.61. The predicted octanol–water partition coefficient (Wildman–Crippen LogP) is 3.81. The van der Waals surface area contributed by atoms with Crippen LogP contribution in [0.1, 0.15) is 16.1 Å². The molecular weight excluding hydrogens is 376 g/mol. The maximum absolute atomic E-state index is 12.5. The molecule has 0 unspecified atom stereocenters. The predicted molar refractivity (Wildman–Crippen MR) is 99.7 cm³/mol. The first kappa shape index (κ1) is 18.2. The third-order valence-electron chi connectivity index (χ3n) is 3.73. The minimum atomic E-state index is -3.77. The van der Waals surface area contributed by atoms with Crippen LogP contribution in [-0.2, 0) is 10.0 Å². The molecule has 0 saturated carbocycles. The molecule has 8 heteroatoms. The number of primary sulfonamides is 1. The molecule has 0 aliphatic carbocycles. The summed E-state index contributed by atoms with van der Waals surface area (Å²) >= 11 is 5.88. The number of rotatable bonds is 4. The molecule has 26 heavy (non-hydrogen) atoms. The van der Waals surface area contributed by atoms with Crippen molar-refractivity contribution in [3.8, 4) is 11.3 Å². The molecule has 134 valence electrons. The highest BCUT2D eigenvalue weighted by molar-refractivity contribution is 7.89. The summed E-state index contributed by atoms with van der Waals surface area (Å²) in [5.74, 6) is 0.650. The second-order valence-electron chi connectivity index (χ2n) is 5.61. The van der Waals surface area contributed by atoms with Crippen LogP contribution >= 0.6 is 11.6 Å². The van der Waals surface area contributed by atoms with Crippen LogP contribution in [0.3, 0.4) is 0 Å². The number of carbonyl (C=O) groups is 1. The van der Waals surface area contributed by atoms with Gasteiger partial charge in [-0.25, -0.2) is 13.6 Å². The summed E-state index contributed by atoms with van der Waals surface area (Å²) in [4.78, 5) is 12.5. The molecule has 1 aromatic heterocycles. The minimum Gasteiger partial charge on any atom is -0.461 e. The summed E-state index contributed by atoms with van der Waals surface area (Å²) in [6.07, 6.45) is 0. The van der Waals surface area contributed by atoms with E-state index in [9.17, 15) is 13.2 Å². The van der Waals surface area contributed by atoms with Crippen LogP contribution in [0, 0.1) is 6.92 Å². The maximum atomic E-state index is 12.5. The van der Waals surface area contributed by atoms with Gasteiger partial charge in [0.15, 0.2) is 0 Å². The summed E-state index contributed by atoms with van der Waals surface area (Å²) in [6.45, 7) is 1.69. The zero-order chi connectivity index (χ0) is 18.9. The van der Waals surface area contributed by atoms with Crippen LogP contribution in [0.5, 0.6) is 0 Å². The average molecular weight is 391 g/mol. The molecule has 0 spiro atoms. The van der Waals surface area contributed by atoms with Crippen molar-refractivity contribution in [3.63, 3.8) is 0 Å². The molecule has 1 heterocycles. The Bertz CT molecular complexity index is 1060. The number of furan rings is 1. The Morgan fingerprint density at radius 1 is 1.08 bits per heavy atom. The molecule has 2 aromatic carbocycles. The molecule has 0 saturated heterocycles. The van der Waals surface area contributed by atoms with Crippen LogP contribution in [-0.4, -0.2) is 14.3 Å². The highest BCUT2D eigenvalue weighted by Gasteiger charge is 2.16. The molecule has 6 nitrogen and oxygen atoms in total. The van der Waals surface area contributed by atoms with E-state index in [-0.39, 0.29) is 10.8 Å². The van der Waals surface area contributed by atoms with E-state index in [2.05, 4.69) is 5.32 Å². The molecule has 0 aliphatic rings. The quantitative estimate of drug-likeness (QED) is 0.707. The van der Waals surface area contributed by atoms with Crippen LogP contribution in [0.2, 0.25) is 5.02 Å². The number of aryl methyl sites for hydroxylation is 1. The van der Waals surface area contributed by atoms with E-state index < -0.39 is 10.0 Å². The second kappa shape index (κ2) is 6.95. The molecule has 3 rings (SSSR count). The van der Waals surface area contributed by atoms with Gasteiger partial charge in [-0.2, -0.15) is 0 Å². The number of anilines is 1. The Morgan fingerprint density at radius 3 is 2.27 bits per heavy atom. The lowest BCUT2D eigenvalue weighted by Crippen LogP contribution is -2.14. The van der Waals surface area contributed by atoms with Crippen molar-refractivity contribution < 1.29 is 17.6 Å². The monoisotopic (exact) mass is 390 g/mol. The normalized spacial score (nSPS) is 11.3. The lowest BCUT2D eigenvalue weighted by atomic mass is 10.1. The van der Waals surface area contributed by atoms with E-state index in [1.54, 1.807) is 37.3 Å². The number of nitrogens with two attached hydrogens (primary N) is 1. The van der Waals surface area contributed by atoms with Gasteiger partial charge in [0, 0.05) is 16.3 Å². The molecule has 1 amide bonds. The van der Waals surface area contributed by atoms with Crippen LogP contribution in [0.4, 0.5) is 5.69 Å². The number of sulfonamides is 1. The fourth-order valence-corrected chi connectivity index (χ4v) is 3.03. The first-order chi connectivity index (χ1) is 12.2. The SMILES string of the molecule is Cc1oc(-c2ccc(Cl)cc2)cc1C(=O)Nc1ccc(S(N)(=O)=O)cc1. The highest BCUT2D eigenvalue weighted by atomic mass is 35.5. The molecule has 3 aromatic rings. The van der Waals surface area contributed by atoms with Gasteiger partial charge in [0.2, 0.25) is 10.0 Å². The zero-order valence-electron chi connectivity index (χ0n) is 13.7. The third-order valence-corrected chi connectivity index (χ3v) is 4.91. The molecule has 0 radical (unpaired) electrons. The fraction of sp³-hybridized carbons (Fsp3) is 0.0556. The van der Waals surface area contributed by atoms with Crippen LogP contribution in [0.15, 0.2) is 63.9 Å². The van der Waals surface area contributed by atoms with E-state index in [1.165, 1.54) is 24.3 Å². The van der Waals surface area contributed by atoms with Gasteiger partial charge in [0.05, 0.1) is 10.5 Å². The van der Waals surface area contributed by atoms with Crippen molar-refractivity contribution in [2.24, 2.45) is 5.14 Å². The number of nitrogens with one attached hydrogen (secondary N) is 1. The van der Waals surface area contributed by atoms with E-state index in [4.69, 9.17) is 21.2 Å². The Morgan fingerprint density at radius 2 is 1.69 bits per heavy atom. The number of benzene rings is 2. The average Bonchev–Trinajstić information content (AvgIpc) is 2.97. The fourth-order valence-electron chi connectivity index (χ4n) is 2.39. The van der Waals surface area contributed by atoms with Crippen molar-refractivity contribution in [1.82, 2.24) is 0 Å². The van der Waals surface area contributed by atoms with Crippen molar-refractivity contribution in [2.45, 2.75) is 11.8 Å². The third kappa shape index (κ3) is 3.96. The topological polar surface area (TPSA) is 102 Å². The van der Waals surface area contributed by atoms with Crippen molar-refractivity contribution in [3.05, 3.63) is 70.9 Å². The zero-order valence-corrected chi connectivity index (χ0v) is 15.3. The number of halogens is 1. The van der Waals surface area contributed by atoms with Crippen LogP contribution in [0.25, 0.3) is 11.3 Å². The Labute approximate surface area is 155 Å². The van der Waals surface area contributed by atoms with Gasteiger partial charge in [-0.05, 0) is 61.5 Å². The van der Waals surface area contributed by atoms with E-state index in [0.29, 0.717) is 27.8 Å².